The Labute approximate surface area is 215 Å². The van der Waals surface area contributed by atoms with Gasteiger partial charge in [0.15, 0.2) is 46.5 Å². The largest absolute Gasteiger partial charge is 0.203 e. The van der Waals surface area contributed by atoms with E-state index in [-0.39, 0.29) is 9.75 Å². The first kappa shape index (κ1) is 26.0. The second kappa shape index (κ2) is 9.59. The Hall–Kier alpha value is -3.64. The standard InChI is InChI=1S/C26H8F10S2/c27-17-15(18(28)22(32)25(35)21(17)31)13-7-5-11(37-13)9-1-2-10(4-3-9)12-6-8-14(38-12)16-19(29)23(33)26(36)24(34)20(16)30/h1-8H. The molecule has 0 N–H and O–H groups in total. The van der Waals surface area contributed by atoms with Gasteiger partial charge in [-0.2, -0.15) is 0 Å². The smallest absolute Gasteiger partial charge is 0.200 e. The van der Waals surface area contributed by atoms with E-state index in [4.69, 9.17) is 0 Å². The lowest BCUT2D eigenvalue weighted by Crippen LogP contribution is -2.03. The second-order valence-electron chi connectivity index (χ2n) is 7.79. The summed E-state index contributed by atoms with van der Waals surface area (Å²) < 4.78 is 138. The van der Waals surface area contributed by atoms with Crippen LogP contribution in [0.1, 0.15) is 0 Å². The monoisotopic (exact) mass is 574 g/mol. The van der Waals surface area contributed by atoms with Crippen LogP contribution in [0, 0.1) is 58.2 Å². The van der Waals surface area contributed by atoms with Crippen LogP contribution in [0.2, 0.25) is 0 Å². The van der Waals surface area contributed by atoms with Crippen LogP contribution in [0.25, 0.3) is 41.8 Å². The van der Waals surface area contributed by atoms with Gasteiger partial charge in [-0.25, -0.2) is 43.9 Å². The highest BCUT2D eigenvalue weighted by Gasteiger charge is 2.28. The summed E-state index contributed by atoms with van der Waals surface area (Å²) in [6.07, 6.45) is 0. The lowest BCUT2D eigenvalue weighted by atomic mass is 10.1. The topological polar surface area (TPSA) is 0 Å². The molecule has 38 heavy (non-hydrogen) atoms. The lowest BCUT2D eigenvalue weighted by Gasteiger charge is -2.06. The number of benzene rings is 3. The van der Waals surface area contributed by atoms with Gasteiger partial charge >= 0.3 is 0 Å². The van der Waals surface area contributed by atoms with Gasteiger partial charge in [-0.15, -0.1) is 22.7 Å². The molecule has 5 aromatic rings. The minimum absolute atomic E-state index is 0.192. The van der Waals surface area contributed by atoms with E-state index < -0.39 is 69.3 Å². The maximum Gasteiger partial charge on any atom is 0.200 e. The molecule has 0 bridgehead atoms. The van der Waals surface area contributed by atoms with Crippen molar-refractivity contribution in [2.45, 2.75) is 0 Å². The molecule has 0 atom stereocenters. The first-order valence-corrected chi connectivity index (χ1v) is 12.0. The molecule has 0 aliphatic rings. The summed E-state index contributed by atoms with van der Waals surface area (Å²) >= 11 is 1.57. The zero-order chi connectivity index (χ0) is 27.5. The molecule has 0 nitrogen and oxygen atoms in total. The molecule has 2 heterocycles. The van der Waals surface area contributed by atoms with Crippen molar-refractivity contribution in [3.05, 3.63) is 107 Å². The summed E-state index contributed by atoms with van der Waals surface area (Å²) in [6, 6.07) is 11.6. The Balaban J connectivity index is 1.46. The van der Waals surface area contributed by atoms with Gasteiger partial charge in [0, 0.05) is 19.5 Å². The molecule has 0 radical (unpaired) electrons. The summed E-state index contributed by atoms with van der Waals surface area (Å²) in [4.78, 5) is 0.484. The molecule has 12 heteroatoms. The number of halogens is 10. The number of rotatable bonds is 4. The van der Waals surface area contributed by atoms with Crippen molar-refractivity contribution in [1.29, 1.82) is 0 Å². The van der Waals surface area contributed by atoms with Crippen LogP contribution in [-0.4, -0.2) is 0 Å². The van der Waals surface area contributed by atoms with Gasteiger partial charge < -0.3 is 0 Å². The highest BCUT2D eigenvalue weighted by molar-refractivity contribution is 7.19. The van der Waals surface area contributed by atoms with E-state index in [0.717, 1.165) is 22.7 Å². The van der Waals surface area contributed by atoms with Gasteiger partial charge in [0.05, 0.1) is 11.1 Å². The molecule has 0 spiro atoms. The van der Waals surface area contributed by atoms with Crippen LogP contribution in [0.4, 0.5) is 43.9 Å². The van der Waals surface area contributed by atoms with E-state index >= 15 is 0 Å². The van der Waals surface area contributed by atoms with Crippen LogP contribution >= 0.6 is 22.7 Å². The van der Waals surface area contributed by atoms with Gasteiger partial charge in [0.25, 0.3) is 0 Å². The maximum absolute atomic E-state index is 14.2. The van der Waals surface area contributed by atoms with Crippen LogP contribution in [-0.2, 0) is 0 Å². The minimum atomic E-state index is -2.26. The number of thiophene rings is 2. The molecule has 0 aliphatic heterocycles. The van der Waals surface area contributed by atoms with Crippen molar-refractivity contribution >= 4 is 22.7 Å². The van der Waals surface area contributed by atoms with Gasteiger partial charge in [0.2, 0.25) is 11.6 Å². The molecule has 0 saturated heterocycles. The highest BCUT2D eigenvalue weighted by Crippen LogP contribution is 2.41. The van der Waals surface area contributed by atoms with Crippen molar-refractivity contribution in [3.63, 3.8) is 0 Å². The van der Waals surface area contributed by atoms with Crippen molar-refractivity contribution in [2.24, 2.45) is 0 Å². The highest BCUT2D eigenvalue weighted by atomic mass is 32.1. The average Bonchev–Trinajstić information content (AvgIpc) is 3.60. The first-order valence-electron chi connectivity index (χ1n) is 10.3. The Morgan fingerprint density at radius 3 is 0.816 bits per heavy atom. The van der Waals surface area contributed by atoms with Crippen molar-refractivity contribution < 1.29 is 43.9 Å². The number of hydrogen-bond donors (Lipinski definition) is 0. The van der Waals surface area contributed by atoms with Crippen molar-refractivity contribution in [3.8, 4) is 41.8 Å². The van der Waals surface area contributed by atoms with Crippen molar-refractivity contribution in [2.75, 3.05) is 0 Å². The molecule has 5 rings (SSSR count). The molecule has 0 saturated carbocycles. The fraction of sp³-hybridized carbons (Fsp3) is 0. The van der Waals surface area contributed by atoms with Crippen LogP contribution in [0.5, 0.6) is 0 Å². The van der Waals surface area contributed by atoms with Gasteiger partial charge in [-0.1, -0.05) is 24.3 Å². The first-order chi connectivity index (χ1) is 18.0. The molecular weight excluding hydrogens is 566 g/mol. The lowest BCUT2D eigenvalue weighted by molar-refractivity contribution is 0.381. The van der Waals surface area contributed by atoms with Crippen LogP contribution in [0.3, 0.4) is 0 Å². The molecule has 0 aliphatic carbocycles. The van der Waals surface area contributed by atoms with E-state index in [1.54, 1.807) is 24.3 Å². The summed E-state index contributed by atoms with van der Waals surface area (Å²) in [5, 5.41) is 0. The van der Waals surface area contributed by atoms with E-state index in [1.807, 2.05) is 0 Å². The number of hydrogen-bond acceptors (Lipinski definition) is 2. The van der Waals surface area contributed by atoms with E-state index in [2.05, 4.69) is 0 Å². The zero-order valence-corrected chi connectivity index (χ0v) is 19.8. The Morgan fingerprint density at radius 1 is 0.289 bits per heavy atom. The second-order valence-corrected chi connectivity index (χ2v) is 9.96. The molecule has 0 fully saturated rings. The van der Waals surface area contributed by atoms with Gasteiger partial charge in [0.1, 0.15) is 0 Å². The molecular formula is C26H8F10S2. The average molecular weight is 574 g/mol. The normalized spacial score (nSPS) is 11.4. The molecule has 3 aromatic carbocycles. The Morgan fingerprint density at radius 2 is 0.526 bits per heavy atom. The van der Waals surface area contributed by atoms with E-state index in [1.165, 1.54) is 24.3 Å². The minimum Gasteiger partial charge on any atom is -0.203 e. The van der Waals surface area contributed by atoms with Gasteiger partial charge in [-0.3, -0.25) is 0 Å². The zero-order valence-electron chi connectivity index (χ0n) is 18.2. The molecule has 194 valence electrons. The third kappa shape index (κ3) is 4.08. The maximum atomic E-state index is 14.2. The quantitative estimate of drug-likeness (QED) is 0.114. The Kier molecular flexibility index (Phi) is 6.56. The third-order valence-electron chi connectivity index (χ3n) is 5.58. The van der Waals surface area contributed by atoms with E-state index in [9.17, 15) is 43.9 Å². The molecule has 0 unspecified atom stereocenters. The molecule has 0 amide bonds. The summed E-state index contributed by atoms with van der Waals surface area (Å²) in [6.45, 7) is 0. The molecule has 2 aromatic heterocycles. The summed E-state index contributed by atoms with van der Waals surface area (Å²) in [5.41, 5.74) is -1.06. The summed E-state index contributed by atoms with van der Waals surface area (Å²) in [5.74, 6) is -20.5. The Bertz CT molecular complexity index is 1530. The fourth-order valence-electron chi connectivity index (χ4n) is 3.70. The fourth-order valence-corrected chi connectivity index (χ4v) is 5.78. The van der Waals surface area contributed by atoms with Crippen molar-refractivity contribution in [1.82, 2.24) is 0 Å². The predicted octanol–water partition coefficient (Wildman–Crippen LogP) is 9.87. The van der Waals surface area contributed by atoms with Crippen LogP contribution < -0.4 is 0 Å². The van der Waals surface area contributed by atoms with Gasteiger partial charge in [-0.05, 0) is 35.4 Å². The SMILES string of the molecule is Fc1c(F)c(F)c(-c2ccc(-c3ccc(-c4ccc(-c5c(F)c(F)c(F)c(F)c5F)s4)cc3)s2)c(F)c1F. The van der Waals surface area contributed by atoms with E-state index in [0.29, 0.717) is 20.9 Å². The summed E-state index contributed by atoms with van der Waals surface area (Å²) in [7, 11) is 0. The van der Waals surface area contributed by atoms with Crippen LogP contribution in [0.15, 0.2) is 48.5 Å². The predicted molar refractivity (Wildman–Crippen MR) is 124 cm³/mol. The third-order valence-corrected chi connectivity index (χ3v) is 7.88.